The summed E-state index contributed by atoms with van der Waals surface area (Å²) in [6.07, 6.45) is 0. The number of fused-ring (bicyclic) bond motifs is 1. The Morgan fingerprint density at radius 1 is 1.57 bits per heavy atom. The van der Waals surface area contributed by atoms with Crippen molar-refractivity contribution in [3.05, 3.63) is 18.2 Å². The number of likely N-dealkylation sites (N-methyl/N-ethyl adjacent to an activating group) is 1. The average molecular weight is 232 g/mol. The Balaban J connectivity index is 2.44. The van der Waals surface area contributed by atoms with Crippen molar-refractivity contribution < 1.29 is 8.95 Å². The first kappa shape index (κ1) is 9.80. The molecule has 1 aliphatic rings. The van der Waals surface area contributed by atoms with Gasteiger partial charge < -0.3 is 9.64 Å². The number of hydrogen-bond acceptors (Lipinski definition) is 3. The van der Waals surface area contributed by atoms with Crippen LogP contribution in [0, 0.1) is 0 Å². The molecule has 14 heavy (non-hydrogen) atoms. The minimum Gasteiger partial charge on any atom is -0.490 e. The largest absolute Gasteiger partial charge is 0.490 e. The summed E-state index contributed by atoms with van der Waals surface area (Å²) in [4.78, 5) is 2.68. The molecule has 0 fully saturated rings. The van der Waals surface area contributed by atoms with Crippen molar-refractivity contribution in [2.45, 2.75) is 4.90 Å². The molecular weight excluding hydrogens is 222 g/mol. The molecule has 3 nitrogen and oxygen atoms in total. The zero-order valence-corrected chi connectivity index (χ0v) is 9.27. The van der Waals surface area contributed by atoms with E-state index < -0.39 is 10.0 Å². The summed E-state index contributed by atoms with van der Waals surface area (Å²) >= 11 is 0. The molecule has 1 aromatic carbocycles. The van der Waals surface area contributed by atoms with E-state index in [-0.39, 0.29) is 0 Å². The topological polar surface area (TPSA) is 29.5 Å². The highest BCUT2D eigenvalue weighted by atomic mass is 35.7. The van der Waals surface area contributed by atoms with Gasteiger partial charge in [0.25, 0.3) is 0 Å². The molecule has 1 aliphatic heterocycles. The fourth-order valence-electron chi connectivity index (χ4n) is 1.44. The molecule has 0 saturated carbocycles. The lowest BCUT2D eigenvalue weighted by Crippen LogP contribution is -2.28. The quantitative estimate of drug-likeness (QED) is 0.690. The van der Waals surface area contributed by atoms with Crippen LogP contribution in [0.5, 0.6) is 5.75 Å². The van der Waals surface area contributed by atoms with Crippen LogP contribution >= 0.6 is 10.7 Å². The fourth-order valence-corrected chi connectivity index (χ4v) is 2.10. The van der Waals surface area contributed by atoms with E-state index in [1.54, 1.807) is 12.1 Å². The number of hydrogen-bond donors (Lipinski definition) is 0. The van der Waals surface area contributed by atoms with Crippen molar-refractivity contribution in [3.63, 3.8) is 0 Å². The van der Waals surface area contributed by atoms with Gasteiger partial charge in [-0.2, -0.15) is 0 Å². The van der Waals surface area contributed by atoms with Crippen molar-refractivity contribution >= 4 is 26.4 Å². The van der Waals surface area contributed by atoms with Gasteiger partial charge in [0.05, 0.1) is 17.1 Å². The molecule has 0 saturated heterocycles. The number of rotatable bonds is 1. The van der Waals surface area contributed by atoms with Crippen molar-refractivity contribution in [2.75, 3.05) is 25.1 Å². The Morgan fingerprint density at radius 2 is 2.36 bits per heavy atom. The average Bonchev–Trinajstić information content (AvgIpc) is 2.17. The third-order valence-corrected chi connectivity index (χ3v) is 3.37. The molecule has 2 rings (SSSR count). The molecular formula is C9H10ClNO2S. The molecule has 5 heteroatoms. The van der Waals surface area contributed by atoms with Crippen molar-refractivity contribution in [2.24, 2.45) is 0 Å². The standard InChI is InChI=1S/C9H10ClNO2S/c1-11-4-5-13-9-6-7(14(10)12)2-3-8(9)11/h2-3,6H,4-5H2,1H3. The van der Waals surface area contributed by atoms with Crippen molar-refractivity contribution in [3.8, 4) is 5.75 Å². The van der Waals surface area contributed by atoms with E-state index in [0.717, 1.165) is 18.0 Å². The third-order valence-electron chi connectivity index (χ3n) is 2.21. The minimum atomic E-state index is -1.46. The highest BCUT2D eigenvalue weighted by molar-refractivity contribution is 8.08. The summed E-state index contributed by atoms with van der Waals surface area (Å²) in [6.45, 7) is 1.53. The molecule has 0 aromatic heterocycles. The van der Waals surface area contributed by atoms with Gasteiger partial charge >= 0.3 is 0 Å². The van der Waals surface area contributed by atoms with Gasteiger partial charge in [0.2, 0.25) is 0 Å². The lowest BCUT2D eigenvalue weighted by molar-refractivity contribution is 0.310. The number of benzene rings is 1. The maximum Gasteiger partial charge on any atom is 0.147 e. The summed E-state index contributed by atoms with van der Waals surface area (Å²) in [5, 5.41) is 0. The van der Waals surface area contributed by atoms with E-state index in [2.05, 4.69) is 4.90 Å². The van der Waals surface area contributed by atoms with Crippen molar-refractivity contribution in [1.82, 2.24) is 0 Å². The van der Waals surface area contributed by atoms with Crippen LogP contribution in [0.1, 0.15) is 0 Å². The van der Waals surface area contributed by atoms with E-state index in [4.69, 9.17) is 15.4 Å². The Labute approximate surface area is 89.6 Å². The Morgan fingerprint density at radius 3 is 3.07 bits per heavy atom. The van der Waals surface area contributed by atoms with E-state index in [1.165, 1.54) is 0 Å². The number of ether oxygens (including phenoxy) is 1. The Hall–Kier alpha value is -0.740. The molecule has 0 bridgehead atoms. The number of nitrogens with zero attached hydrogens (tertiary/aromatic N) is 1. The van der Waals surface area contributed by atoms with Crippen LogP contribution in [-0.2, 0) is 10.0 Å². The SMILES string of the molecule is CN1CCOc2cc(S(=O)Cl)ccc21. The van der Waals surface area contributed by atoms with Gasteiger partial charge in [-0.3, -0.25) is 0 Å². The molecule has 0 N–H and O–H groups in total. The van der Waals surface area contributed by atoms with Crippen LogP contribution in [0.4, 0.5) is 5.69 Å². The highest BCUT2D eigenvalue weighted by Crippen LogP contribution is 2.32. The predicted molar refractivity (Wildman–Crippen MR) is 57.5 cm³/mol. The predicted octanol–water partition coefficient (Wildman–Crippen LogP) is 1.78. The maximum atomic E-state index is 11.0. The van der Waals surface area contributed by atoms with E-state index >= 15 is 0 Å². The Bertz CT molecular complexity index is 383. The molecule has 1 unspecified atom stereocenters. The van der Waals surface area contributed by atoms with Gasteiger partial charge in [-0.1, -0.05) is 0 Å². The van der Waals surface area contributed by atoms with Crippen LogP contribution in [0.15, 0.2) is 23.1 Å². The van der Waals surface area contributed by atoms with Gasteiger partial charge in [-0.25, -0.2) is 4.21 Å². The first-order valence-corrected chi connectivity index (χ1v) is 6.22. The smallest absolute Gasteiger partial charge is 0.147 e. The molecule has 0 spiro atoms. The lowest BCUT2D eigenvalue weighted by atomic mass is 10.2. The van der Waals surface area contributed by atoms with Crippen molar-refractivity contribution in [1.29, 1.82) is 0 Å². The third kappa shape index (κ3) is 1.72. The molecule has 1 heterocycles. The van der Waals surface area contributed by atoms with Crippen LogP contribution < -0.4 is 9.64 Å². The summed E-state index contributed by atoms with van der Waals surface area (Å²) in [5.41, 5.74) is 1.02. The second-order valence-corrected chi connectivity index (χ2v) is 4.88. The summed E-state index contributed by atoms with van der Waals surface area (Å²) in [5.74, 6) is 0.755. The van der Waals surface area contributed by atoms with Crippen LogP contribution in [-0.4, -0.2) is 24.4 Å². The summed E-state index contributed by atoms with van der Waals surface area (Å²) < 4.78 is 16.5. The molecule has 0 radical (unpaired) electrons. The maximum absolute atomic E-state index is 11.0. The normalized spacial score (nSPS) is 17.1. The Kier molecular flexibility index (Phi) is 2.65. The minimum absolute atomic E-state index is 0.584. The lowest BCUT2D eigenvalue weighted by Gasteiger charge is -2.27. The molecule has 1 aromatic rings. The van der Waals surface area contributed by atoms with E-state index in [9.17, 15) is 4.21 Å². The van der Waals surface area contributed by atoms with Gasteiger partial charge in [0, 0.05) is 7.05 Å². The molecule has 1 atom stereocenters. The monoisotopic (exact) mass is 231 g/mol. The van der Waals surface area contributed by atoms with Crippen LogP contribution in [0.3, 0.4) is 0 Å². The van der Waals surface area contributed by atoms with Crippen LogP contribution in [0.25, 0.3) is 0 Å². The zero-order chi connectivity index (χ0) is 10.1. The van der Waals surface area contributed by atoms with Crippen LogP contribution in [0.2, 0.25) is 0 Å². The van der Waals surface area contributed by atoms with Gasteiger partial charge in [-0.05, 0) is 28.9 Å². The van der Waals surface area contributed by atoms with E-state index in [1.807, 2.05) is 13.1 Å². The van der Waals surface area contributed by atoms with Gasteiger partial charge in [0.15, 0.2) is 0 Å². The fraction of sp³-hybridized carbons (Fsp3) is 0.333. The molecule has 0 amide bonds. The van der Waals surface area contributed by atoms with Gasteiger partial charge in [-0.15, -0.1) is 0 Å². The first-order valence-electron chi connectivity index (χ1n) is 4.24. The highest BCUT2D eigenvalue weighted by Gasteiger charge is 2.15. The number of halogens is 1. The summed E-state index contributed by atoms with van der Waals surface area (Å²) in [6, 6.07) is 5.37. The van der Waals surface area contributed by atoms with E-state index in [0.29, 0.717) is 11.5 Å². The van der Waals surface area contributed by atoms with Gasteiger partial charge in [0.1, 0.15) is 22.4 Å². The molecule has 76 valence electrons. The number of anilines is 1. The first-order chi connectivity index (χ1) is 6.68. The second-order valence-electron chi connectivity index (χ2n) is 3.12. The molecule has 0 aliphatic carbocycles. The second kappa shape index (κ2) is 3.79. The zero-order valence-electron chi connectivity index (χ0n) is 7.70. The summed E-state index contributed by atoms with van der Waals surface area (Å²) in [7, 11) is 6.02.